The van der Waals surface area contributed by atoms with E-state index in [1.165, 1.54) is 11.8 Å². The Hall–Kier alpha value is -4.33. The fraction of sp³-hybridized carbons (Fsp3) is 0.333. The summed E-state index contributed by atoms with van der Waals surface area (Å²) in [6.07, 6.45) is 5.64. The topological polar surface area (TPSA) is 202 Å². The minimum atomic E-state index is -1.25. The molecule has 13 heteroatoms. The number of para-hydroxylation sites is 2. The molecular formula is C30H36N6O6S. The molecule has 2 heterocycles. The van der Waals surface area contributed by atoms with E-state index in [1.807, 2.05) is 54.8 Å². The van der Waals surface area contributed by atoms with Crippen LogP contribution >= 0.6 is 11.8 Å². The summed E-state index contributed by atoms with van der Waals surface area (Å²) >= 11 is 1.46. The molecule has 0 fully saturated rings. The van der Waals surface area contributed by atoms with Gasteiger partial charge in [-0.25, -0.2) is 4.79 Å². The van der Waals surface area contributed by atoms with Gasteiger partial charge in [-0.15, -0.1) is 0 Å². The summed E-state index contributed by atoms with van der Waals surface area (Å²) in [5, 5.41) is 28.7. The van der Waals surface area contributed by atoms with E-state index in [9.17, 15) is 29.4 Å². The molecule has 12 nitrogen and oxygen atoms in total. The van der Waals surface area contributed by atoms with Crippen molar-refractivity contribution in [3.05, 3.63) is 72.1 Å². The van der Waals surface area contributed by atoms with Crippen molar-refractivity contribution in [2.75, 3.05) is 18.6 Å². The van der Waals surface area contributed by atoms with Crippen LogP contribution in [-0.4, -0.2) is 86.7 Å². The molecule has 0 spiro atoms. The summed E-state index contributed by atoms with van der Waals surface area (Å²) in [6.45, 7) is -0.620. The molecule has 9 N–H and O–H groups in total. The van der Waals surface area contributed by atoms with Gasteiger partial charge in [-0.1, -0.05) is 36.4 Å². The van der Waals surface area contributed by atoms with Gasteiger partial charge in [-0.2, -0.15) is 11.8 Å². The van der Waals surface area contributed by atoms with Crippen LogP contribution in [0.3, 0.4) is 0 Å². The molecule has 4 atom stereocenters. The van der Waals surface area contributed by atoms with Crippen LogP contribution in [0.2, 0.25) is 0 Å². The third kappa shape index (κ3) is 7.95. The van der Waals surface area contributed by atoms with E-state index in [1.54, 1.807) is 12.4 Å². The Labute approximate surface area is 252 Å². The minimum Gasteiger partial charge on any atom is -0.480 e. The average Bonchev–Trinajstić information content (AvgIpc) is 3.61. The molecule has 2 aromatic carbocycles. The van der Waals surface area contributed by atoms with Crippen molar-refractivity contribution in [1.29, 1.82) is 0 Å². The van der Waals surface area contributed by atoms with Crippen LogP contribution < -0.4 is 21.7 Å². The lowest BCUT2D eigenvalue weighted by atomic mass is 10.0. The summed E-state index contributed by atoms with van der Waals surface area (Å²) in [5.74, 6) is -2.73. The Morgan fingerprint density at radius 1 is 0.791 bits per heavy atom. The van der Waals surface area contributed by atoms with Gasteiger partial charge in [-0.3, -0.25) is 14.4 Å². The van der Waals surface area contributed by atoms with Gasteiger partial charge in [0.25, 0.3) is 0 Å². The number of carbonyl (C=O) groups is 4. The number of fused-ring (bicyclic) bond motifs is 2. The van der Waals surface area contributed by atoms with Crippen LogP contribution in [0.25, 0.3) is 21.8 Å². The molecule has 43 heavy (non-hydrogen) atoms. The van der Waals surface area contributed by atoms with Crippen LogP contribution in [0.4, 0.5) is 0 Å². The van der Waals surface area contributed by atoms with E-state index in [2.05, 4.69) is 25.9 Å². The number of carboxylic acid groups (broad SMARTS) is 1. The zero-order valence-electron chi connectivity index (χ0n) is 23.6. The number of hydrogen-bond acceptors (Lipinski definition) is 7. The van der Waals surface area contributed by atoms with Gasteiger partial charge in [0.1, 0.15) is 24.2 Å². The Morgan fingerprint density at radius 3 is 1.72 bits per heavy atom. The number of H-pyrrole nitrogens is 2. The molecule has 3 amide bonds. The van der Waals surface area contributed by atoms with Crippen LogP contribution in [0, 0.1) is 0 Å². The number of aromatic nitrogens is 2. The summed E-state index contributed by atoms with van der Waals surface area (Å²) in [7, 11) is 0. The highest BCUT2D eigenvalue weighted by atomic mass is 32.2. The first-order chi connectivity index (χ1) is 20.7. The van der Waals surface area contributed by atoms with E-state index < -0.39 is 54.5 Å². The number of hydrogen-bond donors (Lipinski definition) is 8. The number of aliphatic hydroxyl groups is 1. The molecule has 4 unspecified atom stereocenters. The maximum absolute atomic E-state index is 13.8. The van der Waals surface area contributed by atoms with Gasteiger partial charge >= 0.3 is 5.97 Å². The number of aliphatic carboxylic acids is 1. The molecule has 0 aliphatic rings. The number of carboxylic acids is 1. The monoisotopic (exact) mass is 608 g/mol. The van der Waals surface area contributed by atoms with Crippen molar-refractivity contribution in [2.45, 2.75) is 43.4 Å². The SMILES string of the molecule is CSCCC(NC(=O)C(Cc1c[nH]c2ccccc12)NC(=O)C(Cc1c[nH]c2ccccc12)NC(=O)C(N)CO)C(=O)O. The predicted molar refractivity (Wildman–Crippen MR) is 165 cm³/mol. The quantitative estimate of drug-likeness (QED) is 0.0978. The number of aliphatic hydroxyl groups excluding tert-OH is 1. The number of thioether (sulfide) groups is 1. The Bertz CT molecular complexity index is 1590. The first-order valence-electron chi connectivity index (χ1n) is 13.8. The third-order valence-corrected chi connectivity index (χ3v) is 7.87. The predicted octanol–water partition coefficient (Wildman–Crippen LogP) is 1.05. The highest BCUT2D eigenvalue weighted by Gasteiger charge is 2.31. The second-order valence-corrected chi connectivity index (χ2v) is 11.2. The van der Waals surface area contributed by atoms with Crippen LogP contribution in [-0.2, 0) is 32.0 Å². The molecular weight excluding hydrogens is 572 g/mol. The zero-order valence-corrected chi connectivity index (χ0v) is 24.4. The van der Waals surface area contributed by atoms with Gasteiger partial charge in [0, 0.05) is 47.0 Å². The lowest BCUT2D eigenvalue weighted by Gasteiger charge is -2.25. The fourth-order valence-corrected chi connectivity index (χ4v) is 5.33. The molecule has 0 bridgehead atoms. The van der Waals surface area contributed by atoms with E-state index in [0.29, 0.717) is 5.75 Å². The highest BCUT2D eigenvalue weighted by molar-refractivity contribution is 7.98. The van der Waals surface area contributed by atoms with E-state index in [4.69, 9.17) is 5.73 Å². The molecule has 0 aliphatic heterocycles. The van der Waals surface area contributed by atoms with E-state index >= 15 is 0 Å². The molecule has 4 aromatic rings. The summed E-state index contributed by atoms with van der Waals surface area (Å²) in [5.41, 5.74) is 8.89. The Kier molecular flexibility index (Phi) is 10.8. The van der Waals surface area contributed by atoms with Crippen molar-refractivity contribution >= 4 is 57.3 Å². The number of amides is 3. The summed E-state index contributed by atoms with van der Waals surface area (Å²) in [4.78, 5) is 58.2. The van der Waals surface area contributed by atoms with Gasteiger partial charge in [0.15, 0.2) is 0 Å². The smallest absolute Gasteiger partial charge is 0.326 e. The van der Waals surface area contributed by atoms with E-state index in [0.717, 1.165) is 32.9 Å². The van der Waals surface area contributed by atoms with Gasteiger partial charge in [0.2, 0.25) is 17.7 Å². The molecule has 0 aliphatic carbocycles. The lowest BCUT2D eigenvalue weighted by molar-refractivity contribution is -0.142. The second kappa shape index (κ2) is 14.7. The number of rotatable bonds is 15. The molecule has 228 valence electrons. The molecule has 0 saturated heterocycles. The number of aromatic amines is 2. The maximum Gasteiger partial charge on any atom is 0.326 e. The van der Waals surface area contributed by atoms with Gasteiger partial charge in [-0.05, 0) is 41.7 Å². The number of nitrogens with two attached hydrogens (primary N) is 1. The normalized spacial score (nSPS) is 14.1. The minimum absolute atomic E-state index is 0.0559. The van der Waals surface area contributed by atoms with Crippen molar-refractivity contribution < 1.29 is 29.4 Å². The van der Waals surface area contributed by atoms with Crippen LogP contribution in [0.1, 0.15) is 17.5 Å². The molecule has 4 rings (SSSR count). The number of nitrogens with one attached hydrogen (secondary N) is 5. The summed E-state index contributed by atoms with van der Waals surface area (Å²) < 4.78 is 0. The van der Waals surface area contributed by atoms with Crippen molar-refractivity contribution in [1.82, 2.24) is 25.9 Å². The van der Waals surface area contributed by atoms with Crippen molar-refractivity contribution in [2.24, 2.45) is 5.73 Å². The lowest BCUT2D eigenvalue weighted by Crippen LogP contribution is -2.58. The first kappa shape index (κ1) is 31.6. The zero-order chi connectivity index (χ0) is 30.9. The number of carbonyl (C=O) groups excluding carboxylic acids is 3. The standard InChI is InChI=1S/C30H36N6O6S/c1-43-11-10-24(30(41)42)34-28(39)26(13-18-15-33-23-9-5-3-7-20(18)23)36-29(40)25(35-27(38)21(31)16-37)12-17-14-32-22-8-4-2-6-19(17)22/h2-9,14-15,21,24-26,32-33,37H,10-13,16,31H2,1H3,(H,34,39)(H,35,38)(H,36,40)(H,41,42). The van der Waals surface area contributed by atoms with Gasteiger partial charge in [0.05, 0.1) is 6.61 Å². The van der Waals surface area contributed by atoms with Crippen molar-refractivity contribution in [3.8, 4) is 0 Å². The highest BCUT2D eigenvalue weighted by Crippen LogP contribution is 2.21. The molecule has 2 aromatic heterocycles. The molecule has 0 saturated carbocycles. The number of benzene rings is 2. The first-order valence-corrected chi connectivity index (χ1v) is 15.2. The Balaban J connectivity index is 1.63. The molecule has 0 radical (unpaired) electrons. The Morgan fingerprint density at radius 2 is 1.26 bits per heavy atom. The largest absolute Gasteiger partial charge is 0.480 e. The van der Waals surface area contributed by atoms with E-state index in [-0.39, 0.29) is 19.3 Å². The van der Waals surface area contributed by atoms with Gasteiger partial charge < -0.3 is 41.9 Å². The van der Waals surface area contributed by atoms with Crippen LogP contribution in [0.5, 0.6) is 0 Å². The average molecular weight is 609 g/mol. The van der Waals surface area contributed by atoms with Crippen molar-refractivity contribution in [3.63, 3.8) is 0 Å². The third-order valence-electron chi connectivity index (χ3n) is 7.22. The summed E-state index contributed by atoms with van der Waals surface area (Å²) in [6, 6.07) is 10.2. The maximum atomic E-state index is 13.8. The van der Waals surface area contributed by atoms with Crippen LogP contribution in [0.15, 0.2) is 60.9 Å². The fourth-order valence-electron chi connectivity index (χ4n) is 4.86. The second-order valence-electron chi connectivity index (χ2n) is 10.2.